The van der Waals surface area contributed by atoms with Crippen molar-refractivity contribution < 1.29 is 13.2 Å². The monoisotopic (exact) mass is 331 g/mol. The molecule has 1 aliphatic carbocycles. The van der Waals surface area contributed by atoms with Crippen LogP contribution >= 0.6 is 11.6 Å². The van der Waals surface area contributed by atoms with Crippen LogP contribution in [0.4, 0.5) is 11.4 Å². The van der Waals surface area contributed by atoms with Crippen LogP contribution in [0.1, 0.15) is 19.3 Å². The summed E-state index contributed by atoms with van der Waals surface area (Å²) in [5, 5.41) is 2.92. The van der Waals surface area contributed by atoms with E-state index in [0.29, 0.717) is 11.6 Å². The van der Waals surface area contributed by atoms with Crippen LogP contribution in [0, 0.1) is 5.92 Å². The second-order valence-corrected chi connectivity index (χ2v) is 7.48. The second kappa shape index (κ2) is 6.21. The van der Waals surface area contributed by atoms with Gasteiger partial charge in [-0.2, -0.15) is 0 Å². The van der Waals surface area contributed by atoms with Gasteiger partial charge in [-0.1, -0.05) is 11.6 Å². The highest BCUT2D eigenvalue weighted by atomic mass is 35.5. The van der Waals surface area contributed by atoms with Crippen molar-refractivity contribution >= 4 is 38.9 Å². The van der Waals surface area contributed by atoms with Crippen molar-refractivity contribution in [2.75, 3.05) is 16.3 Å². The quantitative estimate of drug-likeness (QED) is 0.739. The van der Waals surface area contributed by atoms with Crippen molar-refractivity contribution in [2.24, 2.45) is 11.7 Å². The Hall–Kier alpha value is -1.31. The van der Waals surface area contributed by atoms with Gasteiger partial charge in [-0.05, 0) is 37.0 Å². The summed E-state index contributed by atoms with van der Waals surface area (Å²) in [7, 11) is -3.39. The number of halogens is 1. The number of amides is 1. The van der Waals surface area contributed by atoms with Crippen LogP contribution in [0.25, 0.3) is 0 Å². The van der Waals surface area contributed by atoms with Gasteiger partial charge in [-0.25, -0.2) is 8.42 Å². The molecule has 0 heterocycles. The number of anilines is 2. The second-order valence-electron chi connectivity index (χ2n) is 5.32. The molecule has 4 N–H and O–H groups in total. The summed E-state index contributed by atoms with van der Waals surface area (Å²) >= 11 is 5.98. The molecule has 2 rings (SSSR count). The van der Waals surface area contributed by atoms with E-state index in [1.165, 1.54) is 12.1 Å². The van der Waals surface area contributed by atoms with Crippen LogP contribution in [0.3, 0.4) is 0 Å². The Bertz CT molecular complexity index is 644. The molecular formula is C13H18ClN3O3S. The lowest BCUT2D eigenvalue weighted by molar-refractivity contribution is -0.116. The molecule has 0 aromatic heterocycles. The predicted molar refractivity (Wildman–Crippen MR) is 83.9 cm³/mol. The number of hydrogen-bond donors (Lipinski definition) is 3. The average Bonchev–Trinajstić information content (AvgIpc) is 3.15. The molecule has 1 aliphatic rings. The topological polar surface area (TPSA) is 101 Å². The van der Waals surface area contributed by atoms with E-state index in [1.54, 1.807) is 6.07 Å². The first kappa shape index (κ1) is 16.1. The van der Waals surface area contributed by atoms with Crippen molar-refractivity contribution in [1.29, 1.82) is 0 Å². The number of hydrogen-bond acceptors (Lipinski definition) is 4. The van der Waals surface area contributed by atoms with E-state index >= 15 is 0 Å². The summed E-state index contributed by atoms with van der Waals surface area (Å²) in [6.45, 7) is 0. The van der Waals surface area contributed by atoms with E-state index in [4.69, 9.17) is 17.3 Å². The molecule has 0 spiro atoms. The third-order valence-corrected chi connectivity index (χ3v) is 4.10. The minimum absolute atomic E-state index is 0.105. The van der Waals surface area contributed by atoms with Gasteiger partial charge in [0, 0.05) is 18.2 Å². The zero-order chi connectivity index (χ0) is 15.6. The smallest absolute Gasteiger partial charge is 0.229 e. The highest BCUT2D eigenvalue weighted by Gasteiger charge is 2.29. The van der Waals surface area contributed by atoms with Crippen LogP contribution in [-0.2, 0) is 14.8 Å². The first-order valence-electron chi connectivity index (χ1n) is 6.57. The highest BCUT2D eigenvalue weighted by Crippen LogP contribution is 2.33. The number of benzene rings is 1. The van der Waals surface area contributed by atoms with Crippen molar-refractivity contribution in [3.63, 3.8) is 0 Å². The van der Waals surface area contributed by atoms with E-state index in [9.17, 15) is 13.2 Å². The number of carbonyl (C=O) groups excluding carboxylic acids is 1. The largest absolute Gasteiger partial charge is 0.327 e. The zero-order valence-electron chi connectivity index (χ0n) is 11.6. The van der Waals surface area contributed by atoms with Crippen LogP contribution in [0.2, 0.25) is 5.02 Å². The van der Waals surface area contributed by atoms with Gasteiger partial charge in [-0.15, -0.1) is 0 Å². The first-order chi connectivity index (χ1) is 9.74. The van der Waals surface area contributed by atoms with Crippen LogP contribution in [-0.4, -0.2) is 26.6 Å². The number of sulfonamides is 1. The Kier molecular flexibility index (Phi) is 4.75. The molecule has 1 atom stereocenters. The average molecular weight is 332 g/mol. The molecule has 1 fully saturated rings. The van der Waals surface area contributed by atoms with Crippen molar-refractivity contribution in [2.45, 2.75) is 25.3 Å². The fourth-order valence-corrected chi connectivity index (χ4v) is 2.85. The molecule has 0 aliphatic heterocycles. The van der Waals surface area contributed by atoms with Gasteiger partial charge >= 0.3 is 0 Å². The van der Waals surface area contributed by atoms with Crippen LogP contribution in [0.15, 0.2) is 18.2 Å². The Morgan fingerprint density at radius 3 is 2.67 bits per heavy atom. The summed E-state index contributed by atoms with van der Waals surface area (Å²) in [6, 6.07) is 4.47. The fourth-order valence-electron chi connectivity index (χ4n) is 1.99. The maximum Gasteiger partial charge on any atom is 0.229 e. The highest BCUT2D eigenvalue weighted by molar-refractivity contribution is 7.92. The lowest BCUT2D eigenvalue weighted by Crippen LogP contribution is -2.28. The van der Waals surface area contributed by atoms with Crippen LogP contribution < -0.4 is 15.8 Å². The molecule has 6 nitrogen and oxygen atoms in total. The zero-order valence-corrected chi connectivity index (χ0v) is 13.2. The molecule has 1 unspecified atom stereocenters. The van der Waals surface area contributed by atoms with Crippen molar-refractivity contribution in [1.82, 2.24) is 0 Å². The van der Waals surface area contributed by atoms with E-state index < -0.39 is 10.0 Å². The number of nitrogens with one attached hydrogen (secondary N) is 2. The van der Waals surface area contributed by atoms with Gasteiger partial charge in [-0.3, -0.25) is 9.52 Å². The number of rotatable bonds is 6. The lowest BCUT2D eigenvalue weighted by atomic mass is 10.1. The fraction of sp³-hybridized carbons (Fsp3) is 0.462. The van der Waals surface area contributed by atoms with Gasteiger partial charge in [0.15, 0.2) is 0 Å². The molecule has 21 heavy (non-hydrogen) atoms. The molecule has 0 saturated heterocycles. The Morgan fingerprint density at radius 1 is 1.48 bits per heavy atom. The standard InChI is InChI=1S/C13H18ClN3O3S/c1-21(19,20)17-12-5-4-9(6-10(12)14)16-13(18)7-11(15)8-2-3-8/h4-6,8,11,17H,2-3,7,15H2,1H3,(H,16,18). The molecule has 0 radical (unpaired) electrons. The summed E-state index contributed by atoms with van der Waals surface area (Å²) in [6.07, 6.45) is 3.49. The molecular weight excluding hydrogens is 314 g/mol. The van der Waals surface area contributed by atoms with E-state index in [-0.39, 0.29) is 29.1 Å². The minimum atomic E-state index is -3.39. The maximum absolute atomic E-state index is 11.8. The molecule has 0 bridgehead atoms. The minimum Gasteiger partial charge on any atom is -0.327 e. The normalized spacial score (nSPS) is 16.3. The van der Waals surface area contributed by atoms with Crippen molar-refractivity contribution in [3.05, 3.63) is 23.2 Å². The van der Waals surface area contributed by atoms with Gasteiger partial charge in [0.2, 0.25) is 15.9 Å². The molecule has 1 aromatic rings. The third kappa shape index (κ3) is 5.18. The summed E-state index contributed by atoms with van der Waals surface area (Å²) < 4.78 is 24.6. The predicted octanol–water partition coefficient (Wildman–Crippen LogP) is 1.78. The molecule has 116 valence electrons. The van der Waals surface area contributed by atoms with Crippen LogP contribution in [0.5, 0.6) is 0 Å². The number of carbonyl (C=O) groups is 1. The molecule has 1 saturated carbocycles. The molecule has 1 aromatic carbocycles. The lowest BCUT2D eigenvalue weighted by Gasteiger charge is -2.12. The summed E-state index contributed by atoms with van der Waals surface area (Å²) in [4.78, 5) is 11.8. The van der Waals surface area contributed by atoms with Gasteiger partial charge in [0.05, 0.1) is 17.0 Å². The Balaban J connectivity index is 1.97. The summed E-state index contributed by atoms with van der Waals surface area (Å²) in [5.41, 5.74) is 6.67. The van der Waals surface area contributed by atoms with Crippen molar-refractivity contribution in [3.8, 4) is 0 Å². The van der Waals surface area contributed by atoms with Gasteiger partial charge in [0.25, 0.3) is 0 Å². The summed E-state index contributed by atoms with van der Waals surface area (Å²) in [5.74, 6) is 0.287. The Morgan fingerprint density at radius 2 is 2.14 bits per heavy atom. The van der Waals surface area contributed by atoms with E-state index in [0.717, 1.165) is 19.1 Å². The molecule has 1 amide bonds. The van der Waals surface area contributed by atoms with Gasteiger partial charge in [0.1, 0.15) is 0 Å². The van der Waals surface area contributed by atoms with E-state index in [2.05, 4.69) is 10.0 Å². The van der Waals surface area contributed by atoms with Gasteiger partial charge < -0.3 is 11.1 Å². The first-order valence-corrected chi connectivity index (χ1v) is 8.84. The maximum atomic E-state index is 11.8. The Labute approximate surface area is 129 Å². The van der Waals surface area contributed by atoms with E-state index in [1.807, 2.05) is 0 Å². The third-order valence-electron chi connectivity index (χ3n) is 3.20. The molecule has 8 heteroatoms. The SMILES string of the molecule is CS(=O)(=O)Nc1ccc(NC(=O)CC(N)C2CC2)cc1Cl. The number of nitrogens with two attached hydrogens (primary N) is 1.